The van der Waals surface area contributed by atoms with Crippen LogP contribution in [0.1, 0.15) is 53.7 Å². The summed E-state index contributed by atoms with van der Waals surface area (Å²) in [6.45, 7) is 5.55. The number of carboxylic acid groups (broad SMARTS) is 1. The van der Waals surface area contributed by atoms with Crippen LogP contribution in [0.25, 0.3) is 22.3 Å². The lowest BCUT2D eigenvalue weighted by Crippen LogP contribution is -2.29. The molecule has 0 saturated carbocycles. The lowest BCUT2D eigenvalue weighted by atomic mass is 9.96. The van der Waals surface area contributed by atoms with Crippen LogP contribution >= 0.6 is 0 Å². The molecule has 0 aliphatic heterocycles. The topological polar surface area (TPSA) is 89.9 Å². The zero-order valence-corrected chi connectivity index (χ0v) is 23.3. The van der Waals surface area contributed by atoms with Crippen LogP contribution in [0.4, 0.5) is 0 Å². The van der Waals surface area contributed by atoms with Crippen molar-refractivity contribution in [1.29, 1.82) is 0 Å². The van der Waals surface area contributed by atoms with Crippen LogP contribution in [-0.2, 0) is 25.5 Å². The lowest BCUT2D eigenvalue weighted by Gasteiger charge is -2.19. The largest absolute Gasteiger partial charge is 0.481 e. The number of esters is 2. The smallest absolute Gasteiger partial charge is 0.338 e. The van der Waals surface area contributed by atoms with E-state index in [1.165, 1.54) is 0 Å². The van der Waals surface area contributed by atoms with Gasteiger partial charge in [-0.15, -0.1) is 0 Å². The summed E-state index contributed by atoms with van der Waals surface area (Å²) in [7, 11) is 0. The highest BCUT2D eigenvalue weighted by molar-refractivity contribution is 5.94. The number of carboxylic acids is 1. The maximum Gasteiger partial charge on any atom is 0.338 e. The molecule has 4 aromatic rings. The average Bonchev–Trinajstić information content (AvgIpc) is 3.27. The summed E-state index contributed by atoms with van der Waals surface area (Å²) in [5, 5.41) is 9.85. The molecule has 1 aliphatic carbocycles. The highest BCUT2D eigenvalue weighted by Gasteiger charge is 2.32. The van der Waals surface area contributed by atoms with Gasteiger partial charge in [-0.05, 0) is 78.3 Å². The molecule has 1 atom stereocenters. The molecule has 0 heterocycles. The first-order chi connectivity index (χ1) is 19.6. The molecule has 0 unspecified atom stereocenters. The van der Waals surface area contributed by atoms with Crippen molar-refractivity contribution in [2.75, 3.05) is 6.61 Å². The standard InChI is InChI=1S/C35H32O6/c1-35(2,3)41-33(38)25-18-16-24(17-19-25)23-14-12-22(13-15-23)20-30(32(36)37)34(39)40-21-31-28-10-6-4-8-26(28)27-9-5-7-11-29(27)31/h4-19,30-31H,20-21H2,1-3H3,(H,36,37)/t30-/m0/s1. The van der Waals surface area contributed by atoms with E-state index < -0.39 is 23.5 Å². The van der Waals surface area contributed by atoms with Gasteiger partial charge in [0.05, 0.1) is 5.56 Å². The van der Waals surface area contributed by atoms with E-state index in [1.807, 2.05) is 93.6 Å². The fourth-order valence-corrected chi connectivity index (χ4v) is 5.18. The van der Waals surface area contributed by atoms with E-state index in [4.69, 9.17) is 9.47 Å². The zero-order valence-electron chi connectivity index (χ0n) is 23.3. The second-order valence-electron chi connectivity index (χ2n) is 11.2. The monoisotopic (exact) mass is 548 g/mol. The summed E-state index contributed by atoms with van der Waals surface area (Å²) in [6, 6.07) is 30.5. The zero-order chi connectivity index (χ0) is 29.1. The average molecular weight is 549 g/mol. The predicted octanol–water partition coefficient (Wildman–Crippen LogP) is 6.91. The number of rotatable bonds is 8. The Kier molecular flexibility index (Phi) is 7.75. The Hall–Kier alpha value is -4.71. The van der Waals surface area contributed by atoms with Crippen LogP contribution in [0.15, 0.2) is 97.1 Å². The molecule has 0 radical (unpaired) electrons. The lowest BCUT2D eigenvalue weighted by molar-refractivity contribution is -0.158. The summed E-state index contributed by atoms with van der Waals surface area (Å²) in [5.74, 6) is -3.81. The molecular weight excluding hydrogens is 516 g/mol. The molecular formula is C35H32O6. The Morgan fingerprint density at radius 3 is 1.78 bits per heavy atom. The molecule has 0 saturated heterocycles. The minimum absolute atomic E-state index is 0.0177. The van der Waals surface area contributed by atoms with Crippen molar-refractivity contribution in [3.8, 4) is 22.3 Å². The van der Waals surface area contributed by atoms with Gasteiger partial charge in [-0.25, -0.2) is 4.79 Å². The highest BCUT2D eigenvalue weighted by Crippen LogP contribution is 2.44. The Morgan fingerprint density at radius 2 is 1.27 bits per heavy atom. The maximum absolute atomic E-state index is 13.0. The van der Waals surface area contributed by atoms with Crippen molar-refractivity contribution >= 4 is 17.9 Å². The van der Waals surface area contributed by atoms with Crippen LogP contribution in [0, 0.1) is 5.92 Å². The highest BCUT2D eigenvalue weighted by atomic mass is 16.6. The van der Waals surface area contributed by atoms with Gasteiger partial charge in [0, 0.05) is 5.92 Å². The molecule has 41 heavy (non-hydrogen) atoms. The quantitative estimate of drug-likeness (QED) is 0.190. The molecule has 208 valence electrons. The normalized spacial score (nSPS) is 13.1. The van der Waals surface area contributed by atoms with E-state index in [2.05, 4.69) is 12.1 Å². The van der Waals surface area contributed by atoms with E-state index in [1.54, 1.807) is 12.1 Å². The molecule has 1 aliphatic rings. The van der Waals surface area contributed by atoms with E-state index in [-0.39, 0.29) is 24.9 Å². The minimum Gasteiger partial charge on any atom is -0.481 e. The number of carbonyl (C=O) groups excluding carboxylic acids is 2. The molecule has 5 rings (SSSR count). The first-order valence-electron chi connectivity index (χ1n) is 13.6. The molecule has 1 N–H and O–H groups in total. The van der Waals surface area contributed by atoms with Crippen molar-refractivity contribution in [2.45, 2.75) is 38.7 Å². The van der Waals surface area contributed by atoms with Gasteiger partial charge in [0.2, 0.25) is 0 Å². The van der Waals surface area contributed by atoms with Crippen molar-refractivity contribution in [2.24, 2.45) is 5.92 Å². The van der Waals surface area contributed by atoms with E-state index >= 15 is 0 Å². The predicted molar refractivity (Wildman–Crippen MR) is 157 cm³/mol. The Bertz CT molecular complexity index is 1530. The van der Waals surface area contributed by atoms with Gasteiger partial charge in [-0.3, -0.25) is 9.59 Å². The summed E-state index contributed by atoms with van der Waals surface area (Å²) in [5.41, 5.74) is 6.77. The van der Waals surface area contributed by atoms with Crippen LogP contribution in [0.3, 0.4) is 0 Å². The molecule has 0 spiro atoms. The van der Waals surface area contributed by atoms with Crippen molar-refractivity contribution in [3.05, 3.63) is 119 Å². The molecule has 6 nitrogen and oxygen atoms in total. The summed E-state index contributed by atoms with van der Waals surface area (Å²) in [4.78, 5) is 37.3. The van der Waals surface area contributed by atoms with Crippen molar-refractivity contribution in [3.63, 3.8) is 0 Å². The summed E-state index contributed by atoms with van der Waals surface area (Å²) < 4.78 is 11.0. The molecule has 6 heteroatoms. The van der Waals surface area contributed by atoms with Gasteiger partial charge in [-0.1, -0.05) is 84.9 Å². The second kappa shape index (κ2) is 11.4. The van der Waals surface area contributed by atoms with Gasteiger partial charge in [0.1, 0.15) is 12.2 Å². The van der Waals surface area contributed by atoms with Crippen LogP contribution < -0.4 is 0 Å². The molecule has 0 fully saturated rings. The third-order valence-corrected chi connectivity index (χ3v) is 7.18. The van der Waals surface area contributed by atoms with Crippen LogP contribution in [-0.4, -0.2) is 35.2 Å². The first-order valence-corrected chi connectivity index (χ1v) is 13.6. The van der Waals surface area contributed by atoms with Crippen LogP contribution in [0.5, 0.6) is 0 Å². The molecule has 0 bridgehead atoms. The number of fused-ring (bicyclic) bond motifs is 3. The number of aliphatic carboxylic acids is 1. The van der Waals surface area contributed by atoms with E-state index in [0.717, 1.165) is 33.4 Å². The Morgan fingerprint density at radius 1 is 0.756 bits per heavy atom. The fourth-order valence-electron chi connectivity index (χ4n) is 5.18. The van der Waals surface area contributed by atoms with E-state index in [0.29, 0.717) is 11.1 Å². The number of hydrogen-bond acceptors (Lipinski definition) is 5. The number of ether oxygens (including phenoxy) is 2. The number of benzene rings is 4. The third kappa shape index (κ3) is 6.22. The summed E-state index contributed by atoms with van der Waals surface area (Å²) >= 11 is 0. The summed E-state index contributed by atoms with van der Waals surface area (Å²) in [6.07, 6.45) is 0.0177. The van der Waals surface area contributed by atoms with Crippen LogP contribution in [0.2, 0.25) is 0 Å². The fraction of sp³-hybridized carbons (Fsp3) is 0.229. The van der Waals surface area contributed by atoms with Gasteiger partial charge in [-0.2, -0.15) is 0 Å². The Balaban J connectivity index is 1.24. The van der Waals surface area contributed by atoms with Gasteiger partial charge < -0.3 is 14.6 Å². The molecule has 4 aromatic carbocycles. The SMILES string of the molecule is CC(C)(C)OC(=O)c1ccc(-c2ccc(C[C@@H](C(=O)O)C(=O)OCC3c4ccccc4-c4ccccc43)cc2)cc1. The van der Waals surface area contributed by atoms with Gasteiger partial charge in [0.15, 0.2) is 5.92 Å². The van der Waals surface area contributed by atoms with Crippen molar-refractivity contribution in [1.82, 2.24) is 0 Å². The van der Waals surface area contributed by atoms with Gasteiger partial charge >= 0.3 is 17.9 Å². The first kappa shape index (κ1) is 27.8. The third-order valence-electron chi connectivity index (χ3n) is 7.18. The van der Waals surface area contributed by atoms with Gasteiger partial charge in [0.25, 0.3) is 0 Å². The Labute approximate surface area is 239 Å². The number of hydrogen-bond donors (Lipinski definition) is 1. The minimum atomic E-state index is -1.32. The number of carbonyl (C=O) groups is 3. The molecule has 0 aromatic heterocycles. The second-order valence-corrected chi connectivity index (χ2v) is 11.2. The van der Waals surface area contributed by atoms with Crippen molar-refractivity contribution < 1.29 is 29.0 Å². The van der Waals surface area contributed by atoms with E-state index in [9.17, 15) is 19.5 Å². The molecule has 0 amide bonds. The maximum atomic E-state index is 13.0.